The lowest BCUT2D eigenvalue weighted by molar-refractivity contribution is -0.134. The third-order valence-electron chi connectivity index (χ3n) is 7.38. The molecule has 2 aliphatic heterocycles. The lowest BCUT2D eigenvalue weighted by Gasteiger charge is -2.43. The van der Waals surface area contributed by atoms with E-state index in [2.05, 4.69) is 43.9 Å². The third kappa shape index (κ3) is 4.81. The van der Waals surface area contributed by atoms with Crippen molar-refractivity contribution in [3.8, 4) is 11.1 Å². The van der Waals surface area contributed by atoms with Crippen molar-refractivity contribution in [2.45, 2.75) is 25.3 Å². The predicted molar refractivity (Wildman–Crippen MR) is 126 cm³/mol. The topological polar surface area (TPSA) is 30.0 Å². The lowest BCUT2D eigenvalue weighted by Crippen LogP contribution is -2.56. The summed E-state index contributed by atoms with van der Waals surface area (Å²) in [4.78, 5) is 22.1. The van der Waals surface area contributed by atoms with Crippen molar-refractivity contribution in [2.75, 3.05) is 63.8 Å². The van der Waals surface area contributed by atoms with Gasteiger partial charge in [0, 0.05) is 64.1 Å². The summed E-state index contributed by atoms with van der Waals surface area (Å²) < 4.78 is 13.5. The van der Waals surface area contributed by atoms with Crippen LogP contribution in [0.25, 0.3) is 11.1 Å². The van der Waals surface area contributed by atoms with Crippen molar-refractivity contribution in [3.63, 3.8) is 0 Å². The molecule has 1 amide bonds. The number of carbonyl (C=O) groups excluding carboxylic acids is 1. The van der Waals surface area contributed by atoms with Crippen LogP contribution < -0.4 is 4.90 Å². The first-order valence-corrected chi connectivity index (χ1v) is 12.0. The minimum atomic E-state index is -0.211. The second-order valence-electron chi connectivity index (χ2n) is 9.32. The molecule has 2 aromatic rings. The number of rotatable bonds is 5. The van der Waals surface area contributed by atoms with Crippen LogP contribution in [0.1, 0.15) is 19.3 Å². The second kappa shape index (κ2) is 9.59. The van der Waals surface area contributed by atoms with Crippen molar-refractivity contribution in [1.82, 2.24) is 14.7 Å². The van der Waals surface area contributed by atoms with E-state index in [1.54, 1.807) is 12.1 Å². The average molecular weight is 437 g/mol. The molecular weight excluding hydrogens is 403 g/mol. The Hall–Kier alpha value is -2.44. The summed E-state index contributed by atoms with van der Waals surface area (Å²) in [6.07, 6.45) is 4.05. The van der Waals surface area contributed by atoms with Gasteiger partial charge in [0.1, 0.15) is 5.82 Å². The van der Waals surface area contributed by atoms with Gasteiger partial charge in [-0.15, -0.1) is 0 Å². The van der Waals surface area contributed by atoms with Gasteiger partial charge < -0.3 is 9.80 Å². The van der Waals surface area contributed by atoms with Crippen LogP contribution in [0.5, 0.6) is 0 Å². The van der Waals surface area contributed by atoms with Gasteiger partial charge in [-0.3, -0.25) is 14.6 Å². The molecule has 5 rings (SSSR count). The molecule has 0 spiro atoms. The molecule has 0 radical (unpaired) electrons. The van der Waals surface area contributed by atoms with E-state index in [0.29, 0.717) is 6.54 Å². The maximum Gasteiger partial charge on any atom is 0.236 e. The highest BCUT2D eigenvalue weighted by molar-refractivity contribution is 5.78. The van der Waals surface area contributed by atoms with Gasteiger partial charge in [-0.1, -0.05) is 30.7 Å². The molecule has 0 bridgehead atoms. The first-order chi connectivity index (χ1) is 15.7. The van der Waals surface area contributed by atoms with Gasteiger partial charge in [-0.2, -0.15) is 0 Å². The van der Waals surface area contributed by atoms with E-state index < -0.39 is 0 Å². The summed E-state index contributed by atoms with van der Waals surface area (Å²) in [5, 5.41) is 0. The molecule has 0 unspecified atom stereocenters. The molecule has 0 N–H and O–H groups in total. The number of piperazine rings is 2. The van der Waals surface area contributed by atoms with Gasteiger partial charge >= 0.3 is 0 Å². The molecule has 2 heterocycles. The normalized spacial score (nSPS) is 20.9. The van der Waals surface area contributed by atoms with Crippen LogP contribution in [-0.4, -0.2) is 85.6 Å². The number of halogens is 1. The number of carbonyl (C=O) groups is 1. The van der Waals surface area contributed by atoms with Gasteiger partial charge in [0.15, 0.2) is 0 Å². The van der Waals surface area contributed by atoms with Gasteiger partial charge in [0.2, 0.25) is 5.91 Å². The van der Waals surface area contributed by atoms with E-state index in [-0.39, 0.29) is 11.7 Å². The van der Waals surface area contributed by atoms with Crippen LogP contribution >= 0.6 is 0 Å². The van der Waals surface area contributed by atoms with Gasteiger partial charge in [-0.25, -0.2) is 4.39 Å². The number of amides is 1. The highest BCUT2D eigenvalue weighted by Gasteiger charge is 2.30. The third-order valence-corrected chi connectivity index (χ3v) is 7.38. The van der Waals surface area contributed by atoms with Crippen LogP contribution in [0.2, 0.25) is 0 Å². The van der Waals surface area contributed by atoms with E-state index in [4.69, 9.17) is 0 Å². The highest BCUT2D eigenvalue weighted by Crippen LogP contribution is 2.26. The second-order valence-corrected chi connectivity index (χ2v) is 9.32. The summed E-state index contributed by atoms with van der Waals surface area (Å²) in [6.45, 7) is 8.02. The van der Waals surface area contributed by atoms with Crippen molar-refractivity contribution in [3.05, 3.63) is 54.3 Å². The zero-order valence-corrected chi connectivity index (χ0v) is 18.8. The molecule has 6 heteroatoms. The summed E-state index contributed by atoms with van der Waals surface area (Å²) in [6, 6.07) is 15.8. The number of nitrogens with zero attached hydrogens (tertiary/aromatic N) is 4. The fourth-order valence-corrected chi connectivity index (χ4v) is 5.08. The number of hydrogen-bond acceptors (Lipinski definition) is 4. The Morgan fingerprint density at radius 2 is 1.56 bits per heavy atom. The van der Waals surface area contributed by atoms with Crippen molar-refractivity contribution in [1.29, 1.82) is 0 Å². The molecule has 1 aliphatic carbocycles. The quantitative estimate of drug-likeness (QED) is 0.720. The zero-order valence-electron chi connectivity index (χ0n) is 18.8. The monoisotopic (exact) mass is 436 g/mol. The first-order valence-electron chi connectivity index (χ1n) is 12.0. The predicted octanol–water partition coefficient (Wildman–Crippen LogP) is 3.31. The Bertz CT molecular complexity index is 914. The van der Waals surface area contributed by atoms with Crippen LogP contribution in [0.15, 0.2) is 48.5 Å². The van der Waals surface area contributed by atoms with Crippen LogP contribution in [0, 0.1) is 5.82 Å². The molecule has 5 nitrogen and oxygen atoms in total. The smallest absolute Gasteiger partial charge is 0.236 e. The van der Waals surface area contributed by atoms with E-state index in [0.717, 1.165) is 69.5 Å². The van der Waals surface area contributed by atoms with Gasteiger partial charge in [-0.05, 0) is 48.2 Å². The van der Waals surface area contributed by atoms with E-state index in [1.807, 2.05) is 6.07 Å². The average Bonchev–Trinajstić information content (AvgIpc) is 2.79. The number of hydrogen-bond donors (Lipinski definition) is 0. The molecule has 0 aromatic heterocycles. The van der Waals surface area contributed by atoms with Crippen molar-refractivity contribution >= 4 is 11.6 Å². The fraction of sp³-hybridized carbons (Fsp3) is 0.500. The largest absolute Gasteiger partial charge is 0.369 e. The lowest BCUT2D eigenvalue weighted by atomic mass is 9.91. The van der Waals surface area contributed by atoms with E-state index >= 15 is 0 Å². The number of anilines is 1. The minimum Gasteiger partial charge on any atom is -0.369 e. The Kier molecular flexibility index (Phi) is 6.42. The van der Waals surface area contributed by atoms with Gasteiger partial charge in [0.25, 0.3) is 0 Å². The molecule has 3 aliphatic rings. The standard InChI is InChI=1S/C26H33FN4O/c27-23-4-1-3-22(19-23)21-7-9-25(10-8-21)29-13-11-28(12-14-29)20-26(32)31-17-15-30(16-18-31)24-5-2-6-24/h1,3-4,7-10,19,24H,2,5-6,11-18,20H2. The Morgan fingerprint density at radius 1 is 0.844 bits per heavy atom. The van der Waals surface area contributed by atoms with E-state index in [1.165, 1.54) is 31.0 Å². The Labute approximate surface area is 190 Å². The molecule has 0 atom stereocenters. The minimum absolute atomic E-state index is 0.211. The summed E-state index contributed by atoms with van der Waals surface area (Å²) in [5.74, 6) is 0.0728. The molecular formula is C26H33FN4O. The molecule has 1 saturated carbocycles. The molecule has 2 aromatic carbocycles. The van der Waals surface area contributed by atoms with Crippen LogP contribution in [0.4, 0.5) is 10.1 Å². The fourth-order valence-electron chi connectivity index (χ4n) is 5.08. The van der Waals surface area contributed by atoms with Crippen molar-refractivity contribution < 1.29 is 9.18 Å². The Balaban J connectivity index is 1.08. The highest BCUT2D eigenvalue weighted by atomic mass is 19.1. The Morgan fingerprint density at radius 3 is 2.19 bits per heavy atom. The van der Waals surface area contributed by atoms with E-state index in [9.17, 15) is 9.18 Å². The SMILES string of the molecule is O=C(CN1CCN(c2ccc(-c3cccc(F)c3)cc2)CC1)N1CCN(C2CCC2)CC1. The molecule has 32 heavy (non-hydrogen) atoms. The summed E-state index contributed by atoms with van der Waals surface area (Å²) in [7, 11) is 0. The van der Waals surface area contributed by atoms with Crippen LogP contribution in [-0.2, 0) is 4.79 Å². The molecule has 3 fully saturated rings. The van der Waals surface area contributed by atoms with Crippen LogP contribution in [0.3, 0.4) is 0 Å². The zero-order chi connectivity index (χ0) is 21.9. The molecule has 170 valence electrons. The summed E-state index contributed by atoms with van der Waals surface area (Å²) in [5.41, 5.74) is 3.10. The summed E-state index contributed by atoms with van der Waals surface area (Å²) >= 11 is 0. The number of benzene rings is 2. The first kappa shape index (κ1) is 21.4. The maximum absolute atomic E-state index is 13.5. The molecule has 2 saturated heterocycles. The van der Waals surface area contributed by atoms with Crippen molar-refractivity contribution in [2.24, 2.45) is 0 Å². The maximum atomic E-state index is 13.5. The van der Waals surface area contributed by atoms with Gasteiger partial charge in [0.05, 0.1) is 6.54 Å².